The zero-order chi connectivity index (χ0) is 15.0. The molecule has 3 heteroatoms. The van der Waals surface area contributed by atoms with Gasteiger partial charge in [-0.25, -0.2) is 4.39 Å². The molecule has 112 valence electrons. The molecule has 0 heterocycles. The largest absolute Gasteiger partial charge is 0.385 e. The van der Waals surface area contributed by atoms with E-state index in [1.54, 1.807) is 19.2 Å². The topological polar surface area (TPSA) is 29.5 Å². The number of aliphatic hydroxyl groups excluding tert-OH is 1. The van der Waals surface area contributed by atoms with Gasteiger partial charge in [-0.1, -0.05) is 31.5 Å². The van der Waals surface area contributed by atoms with Gasteiger partial charge in [-0.15, -0.1) is 0 Å². The van der Waals surface area contributed by atoms with E-state index >= 15 is 0 Å². The van der Waals surface area contributed by atoms with Crippen molar-refractivity contribution in [1.82, 2.24) is 0 Å². The molecule has 1 aromatic carbocycles. The van der Waals surface area contributed by atoms with Crippen molar-refractivity contribution in [1.29, 1.82) is 0 Å². The zero-order valence-corrected chi connectivity index (χ0v) is 12.9. The third-order valence-electron chi connectivity index (χ3n) is 4.80. The van der Waals surface area contributed by atoms with Crippen LogP contribution in [0.4, 0.5) is 4.39 Å². The molecule has 0 spiro atoms. The van der Waals surface area contributed by atoms with Crippen LogP contribution in [0.25, 0.3) is 0 Å². The van der Waals surface area contributed by atoms with Crippen LogP contribution in [0.2, 0.25) is 0 Å². The number of methoxy groups -OCH3 is 1. The van der Waals surface area contributed by atoms with Crippen LogP contribution >= 0.6 is 0 Å². The summed E-state index contributed by atoms with van der Waals surface area (Å²) in [5.41, 5.74) is 0.909. The number of aryl methyl sites for hydroxylation is 1. The van der Waals surface area contributed by atoms with Crippen LogP contribution in [0, 0.1) is 18.2 Å². The van der Waals surface area contributed by atoms with Crippen molar-refractivity contribution >= 4 is 0 Å². The summed E-state index contributed by atoms with van der Waals surface area (Å²) in [6, 6.07) is 4.86. The van der Waals surface area contributed by atoms with E-state index in [0.717, 1.165) is 31.2 Å². The Labute approximate surface area is 121 Å². The molecule has 20 heavy (non-hydrogen) atoms. The molecule has 0 amide bonds. The van der Waals surface area contributed by atoms with Gasteiger partial charge in [0.05, 0.1) is 5.60 Å². The fourth-order valence-electron chi connectivity index (χ4n) is 3.10. The minimum atomic E-state index is -0.913. The Kier molecular flexibility index (Phi) is 4.22. The van der Waals surface area contributed by atoms with Crippen molar-refractivity contribution in [3.63, 3.8) is 0 Å². The summed E-state index contributed by atoms with van der Waals surface area (Å²) in [6.07, 6.45) is 2.55. The Bertz CT molecular complexity index is 472. The second kappa shape index (κ2) is 5.45. The molecule has 1 aromatic rings. The first-order valence-corrected chi connectivity index (χ1v) is 7.29. The van der Waals surface area contributed by atoms with E-state index in [-0.39, 0.29) is 11.2 Å². The molecule has 0 bridgehead atoms. The minimum Gasteiger partial charge on any atom is -0.385 e. The number of benzene rings is 1. The van der Waals surface area contributed by atoms with Crippen molar-refractivity contribution in [2.45, 2.75) is 58.2 Å². The lowest BCUT2D eigenvalue weighted by atomic mass is 9.68. The maximum Gasteiger partial charge on any atom is 0.129 e. The lowest BCUT2D eigenvalue weighted by Gasteiger charge is -2.45. The Hall–Kier alpha value is -0.930. The van der Waals surface area contributed by atoms with Gasteiger partial charge in [0.15, 0.2) is 0 Å². The summed E-state index contributed by atoms with van der Waals surface area (Å²) < 4.78 is 19.7. The fourth-order valence-corrected chi connectivity index (χ4v) is 3.10. The molecule has 1 aliphatic rings. The normalized spacial score (nSPS) is 22.5. The number of halogens is 1. The Morgan fingerprint density at radius 1 is 1.20 bits per heavy atom. The highest BCUT2D eigenvalue weighted by molar-refractivity contribution is 5.28. The van der Waals surface area contributed by atoms with Gasteiger partial charge in [0.25, 0.3) is 0 Å². The molecular formula is C17H25FO2. The van der Waals surface area contributed by atoms with Crippen molar-refractivity contribution in [2.75, 3.05) is 7.11 Å². The lowest BCUT2D eigenvalue weighted by molar-refractivity contribution is -0.139. The first-order valence-electron chi connectivity index (χ1n) is 7.29. The van der Waals surface area contributed by atoms with Gasteiger partial charge < -0.3 is 9.84 Å². The van der Waals surface area contributed by atoms with Gasteiger partial charge in [-0.05, 0) is 44.1 Å². The van der Waals surface area contributed by atoms with Crippen LogP contribution in [-0.4, -0.2) is 17.8 Å². The lowest BCUT2D eigenvalue weighted by Crippen LogP contribution is -2.44. The molecule has 0 radical (unpaired) electrons. The SMILES string of the molecule is COC1(C(O)c2cc(C)ccc2F)CCC(C)(C)CC1. The highest BCUT2D eigenvalue weighted by Gasteiger charge is 2.45. The van der Waals surface area contributed by atoms with Gasteiger partial charge in [0, 0.05) is 12.7 Å². The number of ether oxygens (including phenoxy) is 1. The molecule has 1 atom stereocenters. The third kappa shape index (κ3) is 2.89. The van der Waals surface area contributed by atoms with Crippen LogP contribution in [0.15, 0.2) is 18.2 Å². The summed E-state index contributed by atoms with van der Waals surface area (Å²) in [6.45, 7) is 6.36. The zero-order valence-electron chi connectivity index (χ0n) is 12.9. The van der Waals surface area contributed by atoms with Crippen LogP contribution in [-0.2, 0) is 4.74 Å². The van der Waals surface area contributed by atoms with Gasteiger partial charge in [0.1, 0.15) is 11.9 Å². The number of hydrogen-bond acceptors (Lipinski definition) is 2. The van der Waals surface area contributed by atoms with Gasteiger partial charge in [-0.2, -0.15) is 0 Å². The molecule has 1 saturated carbocycles. The fraction of sp³-hybridized carbons (Fsp3) is 0.647. The van der Waals surface area contributed by atoms with Gasteiger partial charge in [0.2, 0.25) is 0 Å². The molecule has 1 aliphatic carbocycles. The predicted octanol–water partition coefficient (Wildman–Crippen LogP) is 4.15. The van der Waals surface area contributed by atoms with Crippen LogP contribution in [0.3, 0.4) is 0 Å². The number of rotatable bonds is 3. The molecule has 1 unspecified atom stereocenters. The number of hydrogen-bond donors (Lipinski definition) is 1. The van der Waals surface area contributed by atoms with Gasteiger partial charge in [-0.3, -0.25) is 0 Å². The predicted molar refractivity (Wildman–Crippen MR) is 78.1 cm³/mol. The molecule has 0 saturated heterocycles. The van der Waals surface area contributed by atoms with E-state index in [4.69, 9.17) is 4.74 Å². The Morgan fingerprint density at radius 3 is 2.35 bits per heavy atom. The molecule has 2 rings (SSSR count). The average Bonchev–Trinajstić information content (AvgIpc) is 2.41. The van der Waals surface area contributed by atoms with E-state index in [1.807, 2.05) is 6.92 Å². The molecule has 0 aromatic heterocycles. The Morgan fingerprint density at radius 2 is 1.80 bits per heavy atom. The van der Waals surface area contributed by atoms with Crippen molar-refractivity contribution < 1.29 is 14.2 Å². The maximum absolute atomic E-state index is 14.0. The number of aliphatic hydroxyl groups is 1. The Balaban J connectivity index is 2.30. The first kappa shape index (κ1) is 15.5. The first-order chi connectivity index (χ1) is 9.30. The second-order valence-corrected chi connectivity index (χ2v) is 6.86. The van der Waals surface area contributed by atoms with Crippen LogP contribution < -0.4 is 0 Å². The minimum absolute atomic E-state index is 0.271. The highest BCUT2D eigenvalue weighted by atomic mass is 19.1. The molecular weight excluding hydrogens is 255 g/mol. The quantitative estimate of drug-likeness (QED) is 0.901. The van der Waals surface area contributed by atoms with E-state index < -0.39 is 11.7 Å². The van der Waals surface area contributed by atoms with Crippen molar-refractivity contribution in [3.05, 3.63) is 35.1 Å². The average molecular weight is 280 g/mol. The van der Waals surface area contributed by atoms with Crippen molar-refractivity contribution in [2.24, 2.45) is 5.41 Å². The van der Waals surface area contributed by atoms with E-state index in [1.165, 1.54) is 6.07 Å². The standard InChI is InChI=1S/C17H25FO2/c1-12-5-6-14(18)13(11-12)15(19)17(20-4)9-7-16(2,3)8-10-17/h5-6,11,15,19H,7-10H2,1-4H3. The summed E-state index contributed by atoms with van der Waals surface area (Å²) in [5, 5.41) is 10.7. The van der Waals surface area contributed by atoms with E-state index in [0.29, 0.717) is 5.56 Å². The van der Waals surface area contributed by atoms with E-state index in [2.05, 4.69) is 13.8 Å². The van der Waals surface area contributed by atoms with Crippen molar-refractivity contribution in [3.8, 4) is 0 Å². The highest BCUT2D eigenvalue weighted by Crippen LogP contribution is 2.47. The van der Waals surface area contributed by atoms with Crippen LogP contribution in [0.5, 0.6) is 0 Å². The smallest absolute Gasteiger partial charge is 0.129 e. The summed E-state index contributed by atoms with van der Waals surface area (Å²) >= 11 is 0. The maximum atomic E-state index is 14.0. The summed E-state index contributed by atoms with van der Waals surface area (Å²) in [7, 11) is 1.62. The molecule has 2 nitrogen and oxygen atoms in total. The summed E-state index contributed by atoms with van der Waals surface area (Å²) in [5.74, 6) is -0.357. The third-order valence-corrected chi connectivity index (χ3v) is 4.80. The molecule has 0 aliphatic heterocycles. The van der Waals surface area contributed by atoms with Gasteiger partial charge >= 0.3 is 0 Å². The summed E-state index contributed by atoms with van der Waals surface area (Å²) in [4.78, 5) is 0. The monoisotopic (exact) mass is 280 g/mol. The molecule has 1 N–H and O–H groups in total. The van der Waals surface area contributed by atoms with Crippen LogP contribution in [0.1, 0.15) is 56.8 Å². The second-order valence-electron chi connectivity index (χ2n) is 6.86. The molecule has 1 fully saturated rings. The van der Waals surface area contributed by atoms with E-state index in [9.17, 15) is 9.50 Å².